The highest BCUT2D eigenvalue weighted by molar-refractivity contribution is 6.30. The number of hydrogen-bond donors (Lipinski definition) is 1. The molecular weight excluding hydrogens is 328 g/mol. The average molecular weight is 353 g/mol. The maximum absolute atomic E-state index is 12.0. The van der Waals surface area contributed by atoms with Crippen molar-refractivity contribution in [1.29, 1.82) is 0 Å². The van der Waals surface area contributed by atoms with Gasteiger partial charge >= 0.3 is 0 Å². The number of carbonyl (C=O) groups excluding carboxylic acids is 1. The minimum atomic E-state index is -0.0624. The highest BCUT2D eigenvalue weighted by atomic mass is 35.5. The van der Waals surface area contributed by atoms with Gasteiger partial charge in [0.15, 0.2) is 6.61 Å². The van der Waals surface area contributed by atoms with Crippen molar-refractivity contribution < 1.29 is 14.3 Å². The molecule has 1 N–H and O–H groups in total. The zero-order valence-electron chi connectivity index (χ0n) is 13.9. The number of benzene rings is 1. The van der Waals surface area contributed by atoms with Gasteiger partial charge in [0.25, 0.3) is 5.91 Å². The molecule has 1 atom stereocenters. The van der Waals surface area contributed by atoms with E-state index < -0.39 is 0 Å². The van der Waals surface area contributed by atoms with Crippen LogP contribution in [0.3, 0.4) is 0 Å². The molecule has 0 spiro atoms. The van der Waals surface area contributed by atoms with E-state index in [0.29, 0.717) is 16.7 Å². The van der Waals surface area contributed by atoms with Gasteiger partial charge < -0.3 is 19.7 Å². The molecule has 24 heavy (non-hydrogen) atoms. The first-order chi connectivity index (χ1) is 11.7. The van der Waals surface area contributed by atoms with E-state index in [1.165, 1.54) is 6.42 Å². The van der Waals surface area contributed by atoms with Crippen LogP contribution in [0.4, 0.5) is 0 Å². The molecule has 2 heterocycles. The SMILES string of the molecule is O=C(COc1ccc(Cl)cc1)NC1CCN(CC2CCOC2)CC1. The Balaban J connectivity index is 1.33. The normalized spacial score (nSPS) is 22.5. The topological polar surface area (TPSA) is 50.8 Å². The molecule has 1 aromatic carbocycles. The van der Waals surface area contributed by atoms with Gasteiger partial charge in [0, 0.05) is 37.3 Å². The molecule has 3 rings (SSSR count). The number of hydrogen-bond acceptors (Lipinski definition) is 4. The molecule has 2 aliphatic heterocycles. The van der Waals surface area contributed by atoms with Crippen molar-refractivity contribution in [3.63, 3.8) is 0 Å². The lowest BCUT2D eigenvalue weighted by Gasteiger charge is -2.33. The third-order valence-corrected chi connectivity index (χ3v) is 4.93. The van der Waals surface area contributed by atoms with Gasteiger partial charge in [-0.15, -0.1) is 0 Å². The number of nitrogens with zero attached hydrogens (tertiary/aromatic N) is 1. The first kappa shape index (κ1) is 17.5. The number of carbonyl (C=O) groups is 1. The van der Waals surface area contributed by atoms with E-state index in [9.17, 15) is 4.79 Å². The summed E-state index contributed by atoms with van der Waals surface area (Å²) >= 11 is 5.82. The molecule has 2 aliphatic rings. The van der Waals surface area contributed by atoms with Crippen LogP contribution >= 0.6 is 11.6 Å². The summed E-state index contributed by atoms with van der Waals surface area (Å²) in [5, 5.41) is 3.73. The second-order valence-electron chi connectivity index (χ2n) is 6.61. The lowest BCUT2D eigenvalue weighted by molar-refractivity contribution is -0.124. The predicted octanol–water partition coefficient (Wildman–Crippen LogP) is 2.34. The summed E-state index contributed by atoms with van der Waals surface area (Å²) in [7, 11) is 0. The van der Waals surface area contributed by atoms with E-state index in [1.807, 2.05) is 0 Å². The Morgan fingerprint density at radius 3 is 2.67 bits per heavy atom. The molecule has 0 aliphatic carbocycles. The third kappa shape index (κ3) is 5.36. The quantitative estimate of drug-likeness (QED) is 0.853. The number of nitrogens with one attached hydrogen (secondary N) is 1. The van der Waals surface area contributed by atoms with Gasteiger partial charge in [-0.3, -0.25) is 4.79 Å². The number of rotatable bonds is 6. The summed E-state index contributed by atoms with van der Waals surface area (Å²) in [6, 6.07) is 7.28. The van der Waals surface area contributed by atoms with E-state index in [0.717, 1.165) is 45.7 Å². The first-order valence-electron chi connectivity index (χ1n) is 8.67. The molecule has 1 amide bonds. The molecule has 5 nitrogen and oxygen atoms in total. The van der Waals surface area contributed by atoms with Crippen LogP contribution in [0.25, 0.3) is 0 Å². The van der Waals surface area contributed by atoms with Gasteiger partial charge in [0.1, 0.15) is 5.75 Å². The fourth-order valence-corrected chi connectivity index (χ4v) is 3.43. The molecule has 2 fully saturated rings. The average Bonchev–Trinajstić information content (AvgIpc) is 3.09. The van der Waals surface area contributed by atoms with Gasteiger partial charge in [0.05, 0.1) is 6.61 Å². The van der Waals surface area contributed by atoms with Crippen molar-refractivity contribution in [2.45, 2.75) is 25.3 Å². The Morgan fingerprint density at radius 2 is 2.00 bits per heavy atom. The number of halogens is 1. The van der Waals surface area contributed by atoms with Crippen LogP contribution < -0.4 is 10.1 Å². The summed E-state index contributed by atoms with van der Waals surface area (Å²) in [5.41, 5.74) is 0. The van der Waals surface area contributed by atoms with E-state index in [1.54, 1.807) is 24.3 Å². The third-order valence-electron chi connectivity index (χ3n) is 4.68. The summed E-state index contributed by atoms with van der Waals surface area (Å²) in [6.07, 6.45) is 3.18. The summed E-state index contributed by atoms with van der Waals surface area (Å²) < 4.78 is 10.9. The monoisotopic (exact) mass is 352 g/mol. The van der Waals surface area contributed by atoms with Gasteiger partial charge in [-0.1, -0.05) is 11.6 Å². The lowest BCUT2D eigenvalue weighted by atomic mass is 10.0. The standard InChI is InChI=1S/C18H25ClN2O3/c19-15-1-3-17(4-2-15)24-13-18(22)20-16-5-8-21(9-6-16)11-14-7-10-23-12-14/h1-4,14,16H,5-13H2,(H,20,22). The Kier molecular flexibility index (Phi) is 6.35. The van der Waals surface area contributed by atoms with Crippen molar-refractivity contribution in [2.75, 3.05) is 39.5 Å². The van der Waals surface area contributed by atoms with Crippen LogP contribution in [0, 0.1) is 5.92 Å². The lowest BCUT2D eigenvalue weighted by Crippen LogP contribution is -2.46. The Bertz CT molecular complexity index is 524. The molecule has 0 radical (unpaired) electrons. The van der Waals surface area contributed by atoms with Crippen molar-refractivity contribution in [2.24, 2.45) is 5.92 Å². The highest BCUT2D eigenvalue weighted by Gasteiger charge is 2.24. The van der Waals surface area contributed by atoms with Crippen molar-refractivity contribution in [1.82, 2.24) is 10.2 Å². The predicted molar refractivity (Wildman–Crippen MR) is 93.5 cm³/mol. The van der Waals surface area contributed by atoms with Crippen LogP contribution in [0.5, 0.6) is 5.75 Å². The maximum atomic E-state index is 12.0. The van der Waals surface area contributed by atoms with Gasteiger partial charge in [-0.2, -0.15) is 0 Å². The number of piperidine rings is 1. The van der Waals surface area contributed by atoms with Crippen LogP contribution in [0.2, 0.25) is 5.02 Å². The smallest absolute Gasteiger partial charge is 0.258 e. The number of amides is 1. The largest absolute Gasteiger partial charge is 0.484 e. The zero-order chi connectivity index (χ0) is 16.8. The summed E-state index contributed by atoms with van der Waals surface area (Å²) in [5.74, 6) is 1.28. The van der Waals surface area contributed by atoms with E-state index in [2.05, 4.69) is 10.2 Å². The molecule has 2 saturated heterocycles. The van der Waals surface area contributed by atoms with E-state index in [-0.39, 0.29) is 18.6 Å². The molecule has 6 heteroatoms. The second-order valence-corrected chi connectivity index (χ2v) is 7.05. The van der Waals surface area contributed by atoms with Crippen LogP contribution in [-0.2, 0) is 9.53 Å². The van der Waals surface area contributed by atoms with Crippen molar-refractivity contribution in [3.05, 3.63) is 29.3 Å². The Hall–Kier alpha value is -1.30. The highest BCUT2D eigenvalue weighted by Crippen LogP contribution is 2.18. The minimum absolute atomic E-state index is 0.0429. The fraction of sp³-hybridized carbons (Fsp3) is 0.611. The van der Waals surface area contributed by atoms with Crippen LogP contribution in [0.15, 0.2) is 24.3 Å². The minimum Gasteiger partial charge on any atom is -0.484 e. The van der Waals surface area contributed by atoms with Crippen molar-refractivity contribution in [3.8, 4) is 5.75 Å². The molecule has 1 aromatic rings. The molecule has 0 aromatic heterocycles. The zero-order valence-corrected chi connectivity index (χ0v) is 14.6. The molecular formula is C18H25ClN2O3. The van der Waals surface area contributed by atoms with Gasteiger partial charge in [0.2, 0.25) is 0 Å². The van der Waals surface area contributed by atoms with Crippen LogP contribution in [0.1, 0.15) is 19.3 Å². The molecule has 132 valence electrons. The molecule has 0 saturated carbocycles. The van der Waals surface area contributed by atoms with Crippen molar-refractivity contribution >= 4 is 17.5 Å². The number of ether oxygens (including phenoxy) is 2. The number of likely N-dealkylation sites (tertiary alicyclic amines) is 1. The van der Waals surface area contributed by atoms with Gasteiger partial charge in [-0.05, 0) is 49.4 Å². The van der Waals surface area contributed by atoms with Crippen LogP contribution in [-0.4, -0.2) is 56.3 Å². The summed E-state index contributed by atoms with van der Waals surface area (Å²) in [6.45, 7) is 5.06. The Labute approximate surface area is 148 Å². The first-order valence-corrected chi connectivity index (χ1v) is 9.04. The Morgan fingerprint density at radius 1 is 1.25 bits per heavy atom. The summed E-state index contributed by atoms with van der Waals surface area (Å²) in [4.78, 5) is 14.5. The van der Waals surface area contributed by atoms with E-state index >= 15 is 0 Å². The van der Waals surface area contributed by atoms with Gasteiger partial charge in [-0.25, -0.2) is 0 Å². The van der Waals surface area contributed by atoms with E-state index in [4.69, 9.17) is 21.1 Å². The maximum Gasteiger partial charge on any atom is 0.258 e. The molecule has 1 unspecified atom stereocenters. The fourth-order valence-electron chi connectivity index (χ4n) is 3.30. The second kappa shape index (κ2) is 8.70. The molecule has 0 bridgehead atoms.